The summed E-state index contributed by atoms with van der Waals surface area (Å²) in [5, 5.41) is 6.84. The Bertz CT molecular complexity index is 564. The van der Waals surface area contributed by atoms with Gasteiger partial charge in [-0.1, -0.05) is 18.7 Å². The largest absolute Gasteiger partial charge is 0.489 e. The highest BCUT2D eigenvalue weighted by Gasteiger charge is 2.20. The Balaban J connectivity index is 1.79. The number of hydrogen-bond acceptors (Lipinski definition) is 4. The average Bonchev–Trinajstić information content (AvgIpc) is 2.99. The molecular weight excluding hydrogens is 280 g/mol. The Labute approximate surface area is 131 Å². The van der Waals surface area contributed by atoms with Crippen molar-refractivity contribution < 1.29 is 14.4 Å². The van der Waals surface area contributed by atoms with E-state index < -0.39 is 0 Å². The first-order valence-corrected chi connectivity index (χ1v) is 7.45. The van der Waals surface area contributed by atoms with E-state index in [1.54, 1.807) is 24.3 Å². The van der Waals surface area contributed by atoms with Crippen LogP contribution in [0.1, 0.15) is 37.0 Å². The monoisotopic (exact) mass is 302 g/mol. The number of nitrogens with zero attached hydrogens (tertiary/aromatic N) is 1. The molecule has 1 amide bonds. The number of rotatable bonds is 7. The maximum Gasteiger partial charge on any atom is 0.251 e. The number of carbonyl (C=O) groups excluding carboxylic acids is 1. The van der Waals surface area contributed by atoms with E-state index in [9.17, 15) is 4.79 Å². The second kappa shape index (κ2) is 7.64. The Morgan fingerprint density at radius 1 is 1.45 bits per heavy atom. The van der Waals surface area contributed by atoms with Gasteiger partial charge in [-0.2, -0.15) is 0 Å². The average molecular weight is 302 g/mol. The minimum Gasteiger partial charge on any atom is -0.489 e. The smallest absolute Gasteiger partial charge is 0.251 e. The predicted molar refractivity (Wildman–Crippen MR) is 86.3 cm³/mol. The summed E-state index contributed by atoms with van der Waals surface area (Å²) in [6.45, 7) is 8.66. The fraction of sp³-hybridized carbons (Fsp3) is 0.412. The molecule has 0 saturated heterocycles. The third-order valence-corrected chi connectivity index (χ3v) is 3.29. The lowest BCUT2D eigenvalue weighted by molar-refractivity contribution is 0.0753. The number of benzene rings is 1. The molecule has 1 aliphatic rings. The lowest BCUT2D eigenvalue weighted by Crippen LogP contribution is -2.32. The van der Waals surface area contributed by atoms with Crippen molar-refractivity contribution in [2.45, 2.75) is 32.8 Å². The van der Waals surface area contributed by atoms with E-state index >= 15 is 0 Å². The van der Waals surface area contributed by atoms with Gasteiger partial charge in [-0.25, -0.2) is 0 Å². The highest BCUT2D eigenvalue weighted by atomic mass is 16.6. The van der Waals surface area contributed by atoms with Gasteiger partial charge in [0.25, 0.3) is 5.91 Å². The van der Waals surface area contributed by atoms with Crippen LogP contribution in [0.2, 0.25) is 0 Å². The summed E-state index contributed by atoms with van der Waals surface area (Å²) in [4.78, 5) is 17.3. The molecule has 0 aromatic heterocycles. The van der Waals surface area contributed by atoms with E-state index in [1.165, 1.54) is 0 Å². The molecule has 0 aliphatic carbocycles. The molecule has 0 unspecified atom stereocenters. The number of amides is 1. The van der Waals surface area contributed by atoms with Gasteiger partial charge in [0, 0.05) is 12.0 Å². The summed E-state index contributed by atoms with van der Waals surface area (Å²) < 4.78 is 5.50. The van der Waals surface area contributed by atoms with Gasteiger partial charge in [0.05, 0.1) is 12.3 Å². The van der Waals surface area contributed by atoms with Crippen molar-refractivity contribution in [3.63, 3.8) is 0 Å². The number of ether oxygens (including phenoxy) is 1. The van der Waals surface area contributed by atoms with Gasteiger partial charge >= 0.3 is 0 Å². The SMILES string of the molecule is C=C(C)COc1ccc(C(=O)NC[C@@H]2CC(CC)=NO2)cc1. The second-order valence-corrected chi connectivity index (χ2v) is 5.42. The summed E-state index contributed by atoms with van der Waals surface area (Å²) in [5.41, 5.74) is 2.59. The fourth-order valence-corrected chi connectivity index (χ4v) is 2.02. The number of oxime groups is 1. The summed E-state index contributed by atoms with van der Waals surface area (Å²) in [6.07, 6.45) is 1.61. The number of carbonyl (C=O) groups is 1. The highest BCUT2D eigenvalue weighted by molar-refractivity contribution is 5.94. The molecule has 1 aromatic carbocycles. The second-order valence-electron chi connectivity index (χ2n) is 5.42. The molecule has 1 heterocycles. The van der Waals surface area contributed by atoms with E-state index in [0.717, 1.165) is 29.9 Å². The molecule has 1 aliphatic heterocycles. The van der Waals surface area contributed by atoms with Gasteiger partial charge in [0.15, 0.2) is 0 Å². The topological polar surface area (TPSA) is 59.9 Å². The van der Waals surface area contributed by atoms with Crippen LogP contribution in [-0.2, 0) is 4.84 Å². The molecule has 1 N–H and O–H groups in total. The zero-order chi connectivity index (χ0) is 15.9. The normalized spacial score (nSPS) is 16.6. The van der Waals surface area contributed by atoms with Crippen LogP contribution in [0.15, 0.2) is 41.6 Å². The summed E-state index contributed by atoms with van der Waals surface area (Å²) in [7, 11) is 0. The van der Waals surface area contributed by atoms with E-state index in [2.05, 4.69) is 17.1 Å². The fourth-order valence-electron chi connectivity index (χ4n) is 2.02. The molecular formula is C17H22N2O3. The van der Waals surface area contributed by atoms with E-state index in [1.807, 2.05) is 13.8 Å². The first-order valence-electron chi connectivity index (χ1n) is 7.45. The van der Waals surface area contributed by atoms with Crippen LogP contribution < -0.4 is 10.1 Å². The Morgan fingerprint density at radius 3 is 2.77 bits per heavy atom. The molecule has 0 saturated carbocycles. The van der Waals surface area contributed by atoms with Gasteiger partial charge in [-0.15, -0.1) is 0 Å². The van der Waals surface area contributed by atoms with Crippen LogP contribution in [0.3, 0.4) is 0 Å². The van der Waals surface area contributed by atoms with E-state index in [-0.39, 0.29) is 12.0 Å². The molecule has 1 aromatic rings. The quantitative estimate of drug-likeness (QED) is 0.788. The van der Waals surface area contributed by atoms with E-state index in [4.69, 9.17) is 9.57 Å². The van der Waals surface area contributed by atoms with Crippen molar-refractivity contribution in [2.75, 3.05) is 13.2 Å². The van der Waals surface area contributed by atoms with E-state index in [0.29, 0.717) is 18.7 Å². The molecule has 22 heavy (non-hydrogen) atoms. The first kappa shape index (κ1) is 16.1. The van der Waals surface area contributed by atoms with Gasteiger partial charge in [0.1, 0.15) is 18.5 Å². The van der Waals surface area contributed by atoms with Gasteiger partial charge in [0.2, 0.25) is 0 Å². The van der Waals surface area contributed by atoms with Crippen LogP contribution in [-0.4, -0.2) is 30.9 Å². The minimum absolute atomic E-state index is 0.0583. The summed E-state index contributed by atoms with van der Waals surface area (Å²) >= 11 is 0. The van der Waals surface area contributed by atoms with Gasteiger partial charge in [-0.3, -0.25) is 4.79 Å². The standard InChI is InChI=1S/C17H22N2O3/c1-4-14-9-16(22-19-14)10-18-17(20)13-5-7-15(8-6-13)21-11-12(2)3/h5-8,16H,2,4,9-11H2,1,3H3,(H,18,20)/t16-/m0/s1. The van der Waals surface area contributed by atoms with Gasteiger partial charge in [-0.05, 0) is 43.2 Å². The predicted octanol–water partition coefficient (Wildman–Crippen LogP) is 2.93. The van der Waals surface area contributed by atoms with Crippen LogP contribution in [0, 0.1) is 0 Å². The molecule has 0 radical (unpaired) electrons. The molecule has 5 heteroatoms. The molecule has 118 valence electrons. The van der Waals surface area contributed by atoms with Crippen molar-refractivity contribution in [1.82, 2.24) is 5.32 Å². The lowest BCUT2D eigenvalue weighted by atomic mass is 10.1. The maximum absolute atomic E-state index is 12.1. The Kier molecular flexibility index (Phi) is 5.58. The summed E-state index contributed by atoms with van der Waals surface area (Å²) in [5.74, 6) is 0.597. The zero-order valence-electron chi connectivity index (χ0n) is 13.1. The first-order chi connectivity index (χ1) is 10.6. The maximum atomic E-state index is 12.1. The number of nitrogens with one attached hydrogen (secondary N) is 1. The third-order valence-electron chi connectivity index (χ3n) is 3.29. The third kappa shape index (κ3) is 4.62. The van der Waals surface area contributed by atoms with Crippen molar-refractivity contribution in [3.05, 3.63) is 42.0 Å². The van der Waals surface area contributed by atoms with Crippen LogP contribution in [0.25, 0.3) is 0 Å². The molecule has 0 spiro atoms. The zero-order valence-corrected chi connectivity index (χ0v) is 13.1. The van der Waals surface area contributed by atoms with Crippen molar-refractivity contribution >= 4 is 11.6 Å². The van der Waals surface area contributed by atoms with Crippen molar-refractivity contribution in [1.29, 1.82) is 0 Å². The van der Waals surface area contributed by atoms with Gasteiger partial charge < -0.3 is 14.9 Å². The molecule has 0 fully saturated rings. The number of hydrogen-bond donors (Lipinski definition) is 1. The Morgan fingerprint density at radius 2 is 2.18 bits per heavy atom. The van der Waals surface area contributed by atoms with Crippen molar-refractivity contribution in [2.24, 2.45) is 5.16 Å². The lowest BCUT2D eigenvalue weighted by Gasteiger charge is -2.10. The minimum atomic E-state index is -0.125. The molecule has 1 atom stereocenters. The molecule has 2 rings (SSSR count). The van der Waals surface area contributed by atoms with Crippen LogP contribution >= 0.6 is 0 Å². The van der Waals surface area contributed by atoms with Crippen LogP contribution in [0.4, 0.5) is 0 Å². The Hall–Kier alpha value is -2.30. The molecule has 5 nitrogen and oxygen atoms in total. The van der Waals surface area contributed by atoms with Crippen LogP contribution in [0.5, 0.6) is 5.75 Å². The van der Waals surface area contributed by atoms with Crippen molar-refractivity contribution in [3.8, 4) is 5.75 Å². The summed E-state index contributed by atoms with van der Waals surface area (Å²) in [6, 6.07) is 7.05. The molecule has 0 bridgehead atoms. The highest BCUT2D eigenvalue weighted by Crippen LogP contribution is 2.14.